The Morgan fingerprint density at radius 1 is 1.14 bits per heavy atom. The highest BCUT2D eigenvalue weighted by atomic mass is 16.6. The molecule has 0 spiro atoms. The third-order valence-corrected chi connectivity index (χ3v) is 3.63. The average molecular weight is 401 g/mol. The van der Waals surface area contributed by atoms with E-state index in [2.05, 4.69) is 10.5 Å². The lowest BCUT2D eigenvalue weighted by Gasteiger charge is -2.27. The molecule has 0 aliphatic carbocycles. The lowest BCUT2D eigenvalue weighted by Crippen LogP contribution is -2.41. The molecule has 0 aromatic heterocycles. The Balaban J connectivity index is 2.71. The van der Waals surface area contributed by atoms with Gasteiger partial charge in [-0.2, -0.15) is 5.10 Å². The minimum atomic E-state index is -0.649. The van der Waals surface area contributed by atoms with Gasteiger partial charge in [0.15, 0.2) is 0 Å². The van der Waals surface area contributed by atoms with Crippen LogP contribution >= 0.6 is 0 Å². The molecule has 9 nitrogen and oxygen atoms in total. The molecule has 162 valence electrons. The Kier molecular flexibility index (Phi) is 8.69. The van der Waals surface area contributed by atoms with Crippen LogP contribution in [0.1, 0.15) is 48.0 Å². The summed E-state index contributed by atoms with van der Waals surface area (Å²) >= 11 is 0. The monoisotopic (exact) mass is 400 g/mol. The number of likely N-dealkylation sites (N-methyl/N-ethyl adjacent to an activating group) is 1. The predicted molar refractivity (Wildman–Crippen MR) is 108 cm³/mol. The van der Waals surface area contributed by atoms with Gasteiger partial charge in [-0.05, 0) is 55.6 Å². The van der Waals surface area contributed by atoms with Gasteiger partial charge in [-0.1, -0.05) is 0 Å². The zero-order valence-electron chi connectivity index (χ0n) is 18.4. The van der Waals surface area contributed by atoms with Gasteiger partial charge in [0.05, 0.1) is 25.3 Å². The summed E-state index contributed by atoms with van der Waals surface area (Å²) in [7, 11) is 3.95. The first-order chi connectivity index (χ1) is 12.8. The summed E-state index contributed by atoms with van der Waals surface area (Å²) in [4.78, 5) is 27.9. The van der Waals surface area contributed by atoms with Crippen LogP contribution < -0.4 is 5.43 Å². The molecule has 0 radical (unpaired) electrons. The highest BCUT2D eigenvalue weighted by molar-refractivity contribution is 5.77. The molecule has 0 saturated carbocycles. The summed E-state index contributed by atoms with van der Waals surface area (Å²) in [6, 6.07) is -0.339. The summed E-state index contributed by atoms with van der Waals surface area (Å²) in [5.41, 5.74) is 1.12. The molecular weight excluding hydrogens is 364 g/mol. The van der Waals surface area contributed by atoms with E-state index < -0.39 is 23.4 Å². The first kappa shape index (κ1) is 24.2. The second-order valence-corrected chi connectivity index (χ2v) is 9.12. The summed E-state index contributed by atoms with van der Waals surface area (Å²) in [5, 5.41) is 3.95. The first-order valence-electron chi connectivity index (χ1n) is 9.55. The number of nitrogens with one attached hydrogen (secondary N) is 1. The van der Waals surface area contributed by atoms with Gasteiger partial charge < -0.3 is 19.1 Å². The van der Waals surface area contributed by atoms with E-state index in [4.69, 9.17) is 14.2 Å². The molecule has 1 N–H and O–H groups in total. The van der Waals surface area contributed by atoms with Gasteiger partial charge in [0.25, 0.3) is 0 Å². The quantitative estimate of drug-likeness (QED) is 0.544. The molecular formula is C19H36N4O5. The maximum Gasteiger partial charge on any atom is 0.428 e. The molecule has 1 fully saturated rings. The minimum Gasteiger partial charge on any atom is -0.444 e. The molecule has 2 atom stereocenters. The Bertz CT molecular complexity index is 552. The molecule has 28 heavy (non-hydrogen) atoms. The fourth-order valence-electron chi connectivity index (χ4n) is 2.50. The molecule has 1 rings (SSSR count). The lowest BCUT2D eigenvalue weighted by atomic mass is 10.2. The maximum atomic E-state index is 12.5. The second kappa shape index (κ2) is 10.1. The van der Waals surface area contributed by atoms with E-state index in [1.807, 2.05) is 39.8 Å². The summed E-state index contributed by atoms with van der Waals surface area (Å²) in [6.07, 6.45) is 0.893. The topological polar surface area (TPSA) is 92.7 Å². The van der Waals surface area contributed by atoms with Gasteiger partial charge in [0.1, 0.15) is 11.2 Å². The molecule has 0 aromatic rings. The zero-order valence-corrected chi connectivity index (χ0v) is 18.4. The molecule has 0 bridgehead atoms. The van der Waals surface area contributed by atoms with Crippen LogP contribution in [0.2, 0.25) is 0 Å². The number of carbonyl (C=O) groups excluding carboxylic acids is 2. The summed E-state index contributed by atoms with van der Waals surface area (Å²) in [5.74, 6) is 0. The third-order valence-electron chi connectivity index (χ3n) is 3.63. The zero-order chi connectivity index (χ0) is 21.5. The van der Waals surface area contributed by atoms with Crippen molar-refractivity contribution < 1.29 is 23.8 Å². The number of carbonyl (C=O) groups is 2. The largest absolute Gasteiger partial charge is 0.444 e. The van der Waals surface area contributed by atoms with E-state index in [0.717, 1.165) is 6.54 Å². The Morgan fingerprint density at radius 2 is 1.75 bits per heavy atom. The van der Waals surface area contributed by atoms with Gasteiger partial charge in [0.2, 0.25) is 0 Å². The predicted octanol–water partition coefficient (Wildman–Crippen LogP) is 2.45. The molecule has 1 heterocycles. The molecule has 2 amide bonds. The number of hydrogen-bond donors (Lipinski definition) is 1. The SMILES string of the molecule is CN(C)CCO[C@@H]1C[C@@H](/C=N/NC(=O)OC(C)(C)C)N(C(=O)OC(C)(C)C)C1. The fraction of sp³-hybridized carbons (Fsp3) is 0.842. The van der Waals surface area contributed by atoms with Crippen LogP contribution in [0.15, 0.2) is 5.10 Å². The normalized spacial score (nSPS) is 20.7. The Labute approximate surface area is 168 Å². The maximum absolute atomic E-state index is 12.5. The molecule has 9 heteroatoms. The molecule has 1 saturated heterocycles. The van der Waals surface area contributed by atoms with E-state index in [9.17, 15) is 9.59 Å². The molecule has 1 aliphatic heterocycles. The Morgan fingerprint density at radius 3 is 2.29 bits per heavy atom. The van der Waals surface area contributed by atoms with Crippen molar-refractivity contribution in [1.82, 2.24) is 15.2 Å². The summed E-state index contributed by atoms with van der Waals surface area (Å²) < 4.78 is 16.5. The fourth-order valence-corrected chi connectivity index (χ4v) is 2.50. The van der Waals surface area contributed by atoms with Gasteiger partial charge in [-0.25, -0.2) is 15.0 Å². The first-order valence-corrected chi connectivity index (χ1v) is 9.55. The highest BCUT2D eigenvalue weighted by Gasteiger charge is 2.37. The van der Waals surface area contributed by atoms with Crippen molar-refractivity contribution >= 4 is 18.4 Å². The second-order valence-electron chi connectivity index (χ2n) is 9.12. The standard InChI is InChI=1S/C19H36N4O5/c1-18(2,3)27-16(24)21-20-12-14-11-15(26-10-9-22(7)8)13-23(14)17(25)28-19(4,5)6/h12,14-15H,9-11,13H2,1-8H3,(H,21,24)/b20-12+/t14-,15+/m0/s1. The molecule has 1 aliphatic rings. The Hall–Kier alpha value is -1.87. The van der Waals surface area contributed by atoms with E-state index in [1.54, 1.807) is 25.7 Å². The van der Waals surface area contributed by atoms with Crippen molar-refractivity contribution in [3.05, 3.63) is 0 Å². The van der Waals surface area contributed by atoms with E-state index in [1.165, 1.54) is 6.21 Å². The van der Waals surface area contributed by atoms with Crippen LogP contribution in [0.3, 0.4) is 0 Å². The third kappa shape index (κ3) is 9.89. The van der Waals surface area contributed by atoms with Crippen molar-refractivity contribution in [2.24, 2.45) is 5.10 Å². The summed E-state index contributed by atoms with van der Waals surface area (Å²) in [6.45, 7) is 12.5. The van der Waals surface area contributed by atoms with E-state index >= 15 is 0 Å². The van der Waals surface area contributed by atoms with Crippen LogP contribution in [0.4, 0.5) is 9.59 Å². The van der Waals surface area contributed by atoms with Crippen molar-refractivity contribution in [2.45, 2.75) is 71.3 Å². The van der Waals surface area contributed by atoms with Crippen molar-refractivity contribution in [3.63, 3.8) is 0 Å². The van der Waals surface area contributed by atoms with E-state index in [-0.39, 0.29) is 12.1 Å². The van der Waals surface area contributed by atoms with Crippen molar-refractivity contribution in [2.75, 3.05) is 33.8 Å². The van der Waals surface area contributed by atoms with Crippen LogP contribution in [0.25, 0.3) is 0 Å². The molecule has 0 aromatic carbocycles. The number of hydrogen-bond acceptors (Lipinski definition) is 7. The number of amides is 2. The van der Waals surface area contributed by atoms with Gasteiger partial charge in [-0.3, -0.25) is 4.90 Å². The highest BCUT2D eigenvalue weighted by Crippen LogP contribution is 2.22. The minimum absolute atomic E-state index is 0.120. The van der Waals surface area contributed by atoms with Gasteiger partial charge in [0, 0.05) is 19.2 Å². The van der Waals surface area contributed by atoms with E-state index in [0.29, 0.717) is 19.6 Å². The van der Waals surface area contributed by atoms with Crippen LogP contribution in [0.5, 0.6) is 0 Å². The van der Waals surface area contributed by atoms with Crippen LogP contribution in [-0.4, -0.2) is 85.3 Å². The van der Waals surface area contributed by atoms with Gasteiger partial charge in [-0.15, -0.1) is 0 Å². The number of ether oxygens (including phenoxy) is 3. The van der Waals surface area contributed by atoms with Crippen molar-refractivity contribution in [3.8, 4) is 0 Å². The number of nitrogens with zero attached hydrogens (tertiary/aromatic N) is 3. The molecule has 0 unspecified atom stereocenters. The van der Waals surface area contributed by atoms with Gasteiger partial charge >= 0.3 is 12.2 Å². The smallest absolute Gasteiger partial charge is 0.428 e. The number of hydrazone groups is 1. The van der Waals surface area contributed by atoms with Crippen molar-refractivity contribution in [1.29, 1.82) is 0 Å². The lowest BCUT2D eigenvalue weighted by molar-refractivity contribution is 0.0181. The van der Waals surface area contributed by atoms with Crippen LogP contribution in [0, 0.1) is 0 Å². The van der Waals surface area contributed by atoms with Crippen LogP contribution in [-0.2, 0) is 14.2 Å². The average Bonchev–Trinajstić information content (AvgIpc) is 2.86. The number of likely N-dealkylation sites (tertiary alicyclic amines) is 1. The number of rotatable bonds is 6.